The Morgan fingerprint density at radius 1 is 1.10 bits per heavy atom. The van der Waals surface area contributed by atoms with Crippen molar-refractivity contribution in [3.8, 4) is 5.75 Å². The van der Waals surface area contributed by atoms with Crippen LogP contribution in [0.2, 0.25) is 0 Å². The summed E-state index contributed by atoms with van der Waals surface area (Å²) in [5.41, 5.74) is 1.28. The number of carbonyl (C=O) groups is 1. The topological polar surface area (TPSA) is 49.8 Å². The van der Waals surface area contributed by atoms with Crippen molar-refractivity contribution < 1.29 is 14.6 Å². The first-order valence-corrected chi connectivity index (χ1v) is 10.5. The number of hydrogen-bond acceptors (Lipinski definition) is 3. The maximum atomic E-state index is 13.3. The molecule has 2 aromatic carbocycles. The van der Waals surface area contributed by atoms with E-state index in [0.717, 1.165) is 42.6 Å². The molecule has 0 bridgehead atoms. The third-order valence-electron chi connectivity index (χ3n) is 6.53. The van der Waals surface area contributed by atoms with Crippen LogP contribution in [-0.2, 0) is 4.79 Å². The third kappa shape index (κ3) is 3.95. The van der Waals surface area contributed by atoms with Crippen molar-refractivity contribution in [2.75, 3.05) is 13.7 Å². The highest BCUT2D eigenvalue weighted by atomic mass is 16.5. The average Bonchev–Trinajstić information content (AvgIpc) is 2.77. The van der Waals surface area contributed by atoms with Gasteiger partial charge in [0, 0.05) is 24.1 Å². The molecule has 3 atom stereocenters. The monoisotopic (exact) mass is 391 g/mol. The van der Waals surface area contributed by atoms with Gasteiger partial charge in [-0.1, -0.05) is 61.4 Å². The Balaban J connectivity index is 1.69. The van der Waals surface area contributed by atoms with Crippen LogP contribution in [0.15, 0.2) is 60.7 Å². The molecule has 1 amide bonds. The van der Waals surface area contributed by atoms with E-state index < -0.39 is 5.60 Å². The summed E-state index contributed by atoms with van der Waals surface area (Å²) in [7, 11) is 1.66. The van der Waals surface area contributed by atoms with Crippen molar-refractivity contribution in [1.82, 2.24) is 4.90 Å². The molecule has 4 rings (SSSR count). The molecule has 0 unspecified atom stereocenters. The molecule has 0 radical (unpaired) electrons. The fourth-order valence-electron chi connectivity index (χ4n) is 5.05. The number of methoxy groups -OCH3 is 1. The molecule has 1 aliphatic heterocycles. The molecule has 2 fully saturated rings. The lowest BCUT2D eigenvalue weighted by Gasteiger charge is -2.52. The predicted octanol–water partition coefficient (Wildman–Crippen LogP) is 4.60. The molecule has 29 heavy (non-hydrogen) atoms. The summed E-state index contributed by atoms with van der Waals surface area (Å²) in [5, 5.41) is 11.4. The zero-order chi connectivity index (χ0) is 20.3. The van der Waals surface area contributed by atoms with Crippen molar-refractivity contribution in [2.24, 2.45) is 5.92 Å². The lowest BCUT2D eigenvalue weighted by atomic mass is 9.66. The number of ether oxygens (including phenoxy) is 1. The molecule has 0 aromatic heterocycles. The highest BCUT2D eigenvalue weighted by Gasteiger charge is 2.50. The zero-order valence-corrected chi connectivity index (χ0v) is 17.0. The maximum Gasteiger partial charge on any atom is 0.247 e. The van der Waals surface area contributed by atoms with Gasteiger partial charge in [-0.25, -0.2) is 0 Å². The SMILES string of the molecule is COc1ccccc1[C@@H]1[C@H]2CCCC[C@]2(O)CCN1C(=O)C=Cc1ccccc1. The second kappa shape index (κ2) is 8.42. The van der Waals surface area contributed by atoms with Crippen molar-refractivity contribution in [1.29, 1.82) is 0 Å². The summed E-state index contributed by atoms with van der Waals surface area (Å²) in [6, 6.07) is 17.6. The summed E-state index contributed by atoms with van der Waals surface area (Å²) >= 11 is 0. The van der Waals surface area contributed by atoms with Gasteiger partial charge in [-0.2, -0.15) is 0 Å². The van der Waals surface area contributed by atoms with Crippen LogP contribution in [0.1, 0.15) is 49.3 Å². The Kier molecular flexibility index (Phi) is 5.72. The number of piperidine rings is 1. The smallest absolute Gasteiger partial charge is 0.247 e. The van der Waals surface area contributed by atoms with E-state index in [1.165, 1.54) is 0 Å². The Morgan fingerprint density at radius 3 is 2.66 bits per heavy atom. The predicted molar refractivity (Wildman–Crippen MR) is 114 cm³/mol. The first-order valence-electron chi connectivity index (χ1n) is 10.5. The number of nitrogens with zero attached hydrogens (tertiary/aromatic N) is 1. The summed E-state index contributed by atoms with van der Waals surface area (Å²) in [4.78, 5) is 15.2. The number of likely N-dealkylation sites (tertiary alicyclic amines) is 1. The number of benzene rings is 2. The van der Waals surface area contributed by atoms with Crippen LogP contribution in [-0.4, -0.2) is 35.2 Å². The number of para-hydroxylation sites is 1. The van der Waals surface area contributed by atoms with E-state index >= 15 is 0 Å². The molecular weight excluding hydrogens is 362 g/mol. The normalized spacial score (nSPS) is 26.9. The lowest BCUT2D eigenvalue weighted by Crippen LogP contribution is -2.56. The van der Waals surface area contributed by atoms with Crippen molar-refractivity contribution in [3.05, 3.63) is 71.8 Å². The minimum Gasteiger partial charge on any atom is -0.496 e. The van der Waals surface area contributed by atoms with Gasteiger partial charge >= 0.3 is 0 Å². The van der Waals surface area contributed by atoms with Crippen LogP contribution in [0.25, 0.3) is 6.08 Å². The molecule has 1 N–H and O–H groups in total. The Labute approximate surface area is 172 Å². The van der Waals surface area contributed by atoms with Crippen LogP contribution in [0, 0.1) is 5.92 Å². The molecule has 1 saturated heterocycles. The van der Waals surface area contributed by atoms with E-state index in [-0.39, 0.29) is 17.9 Å². The van der Waals surface area contributed by atoms with E-state index in [2.05, 4.69) is 0 Å². The quantitative estimate of drug-likeness (QED) is 0.775. The Hall–Kier alpha value is -2.59. The van der Waals surface area contributed by atoms with Gasteiger partial charge in [-0.3, -0.25) is 4.79 Å². The van der Waals surface area contributed by atoms with Crippen molar-refractivity contribution in [2.45, 2.75) is 43.7 Å². The molecule has 0 spiro atoms. The largest absolute Gasteiger partial charge is 0.496 e. The summed E-state index contributed by atoms with van der Waals surface area (Å²) in [6.07, 6.45) is 8.02. The van der Waals surface area contributed by atoms with Crippen molar-refractivity contribution >= 4 is 12.0 Å². The molecule has 2 aromatic rings. The van der Waals surface area contributed by atoms with Crippen LogP contribution in [0.5, 0.6) is 5.75 Å². The van der Waals surface area contributed by atoms with E-state index in [4.69, 9.17) is 4.74 Å². The van der Waals surface area contributed by atoms with Gasteiger partial charge in [0.05, 0.1) is 18.8 Å². The summed E-state index contributed by atoms with van der Waals surface area (Å²) < 4.78 is 5.63. The standard InChI is InChI=1S/C25H29NO3/c1-29-22-13-6-5-11-20(22)24-21-12-7-8-16-25(21,28)17-18-26(24)23(27)15-14-19-9-3-2-4-10-19/h2-6,9-11,13-15,21,24,28H,7-8,12,16-18H2,1H3/t21-,24-,25+/m1/s1. The van der Waals surface area contributed by atoms with E-state index in [9.17, 15) is 9.90 Å². The first-order chi connectivity index (χ1) is 14.1. The minimum atomic E-state index is -0.705. The van der Waals surface area contributed by atoms with Crippen molar-refractivity contribution in [3.63, 3.8) is 0 Å². The highest BCUT2D eigenvalue weighted by Crippen LogP contribution is 2.50. The number of amides is 1. The van der Waals surface area contributed by atoms with Gasteiger partial charge in [0.1, 0.15) is 5.75 Å². The van der Waals surface area contributed by atoms with E-state index in [1.807, 2.05) is 65.6 Å². The van der Waals surface area contributed by atoms with Gasteiger partial charge in [-0.15, -0.1) is 0 Å². The van der Waals surface area contributed by atoms with Crippen LogP contribution < -0.4 is 4.74 Å². The van der Waals surface area contributed by atoms with Crippen LogP contribution >= 0.6 is 0 Å². The maximum absolute atomic E-state index is 13.3. The van der Waals surface area contributed by atoms with Gasteiger partial charge in [0.15, 0.2) is 0 Å². The van der Waals surface area contributed by atoms with Gasteiger partial charge in [-0.05, 0) is 37.0 Å². The van der Waals surface area contributed by atoms with Gasteiger partial charge in [0.25, 0.3) is 0 Å². The molecule has 1 heterocycles. The van der Waals surface area contributed by atoms with Gasteiger partial charge < -0.3 is 14.7 Å². The second-order valence-electron chi connectivity index (χ2n) is 8.17. The summed E-state index contributed by atoms with van der Waals surface area (Å²) in [5.74, 6) is 0.782. The number of rotatable bonds is 4. The average molecular weight is 392 g/mol. The first kappa shape index (κ1) is 19.7. The zero-order valence-electron chi connectivity index (χ0n) is 17.0. The molecule has 4 nitrogen and oxygen atoms in total. The number of carbonyl (C=O) groups excluding carboxylic acids is 1. The molecule has 1 aliphatic carbocycles. The molecule has 4 heteroatoms. The van der Waals surface area contributed by atoms with Crippen LogP contribution in [0.4, 0.5) is 0 Å². The second-order valence-corrected chi connectivity index (χ2v) is 8.17. The molecule has 152 valence electrons. The van der Waals surface area contributed by atoms with Gasteiger partial charge in [0.2, 0.25) is 5.91 Å². The number of hydrogen-bond donors (Lipinski definition) is 1. The van der Waals surface area contributed by atoms with E-state index in [1.54, 1.807) is 13.2 Å². The number of aliphatic hydroxyl groups is 1. The van der Waals surface area contributed by atoms with Crippen LogP contribution in [0.3, 0.4) is 0 Å². The Morgan fingerprint density at radius 2 is 1.86 bits per heavy atom. The molecule has 2 aliphatic rings. The minimum absolute atomic E-state index is 0.0163. The highest BCUT2D eigenvalue weighted by molar-refractivity contribution is 5.92. The third-order valence-corrected chi connectivity index (χ3v) is 6.53. The summed E-state index contributed by atoms with van der Waals surface area (Å²) in [6.45, 7) is 0.549. The lowest BCUT2D eigenvalue weighted by molar-refractivity contribution is -0.151. The fraction of sp³-hybridized carbons (Fsp3) is 0.400. The molecule has 1 saturated carbocycles. The Bertz CT molecular complexity index is 879. The number of fused-ring (bicyclic) bond motifs is 1. The van der Waals surface area contributed by atoms with E-state index in [0.29, 0.717) is 13.0 Å². The fourth-order valence-corrected chi connectivity index (χ4v) is 5.05. The molecular formula is C25H29NO3.